The maximum absolute atomic E-state index is 1.57. The number of fused-ring (bicyclic) bond motifs is 2. The highest BCUT2D eigenvalue weighted by Crippen LogP contribution is 2.46. The van der Waals surface area contributed by atoms with E-state index in [-0.39, 0.29) is 0 Å². The van der Waals surface area contributed by atoms with Crippen LogP contribution in [0.4, 0.5) is 0 Å². The summed E-state index contributed by atoms with van der Waals surface area (Å²) in [6.07, 6.45) is 9.35. The van der Waals surface area contributed by atoms with Crippen LogP contribution >= 0.6 is 8.58 Å². The van der Waals surface area contributed by atoms with Crippen molar-refractivity contribution in [2.45, 2.75) is 49.8 Å². The zero-order valence-electron chi connectivity index (χ0n) is 5.90. The van der Waals surface area contributed by atoms with Gasteiger partial charge in [-0.05, 0) is 37.0 Å². The molecule has 0 aromatic carbocycles. The summed E-state index contributed by atoms with van der Waals surface area (Å²) < 4.78 is 0. The molecule has 0 radical (unpaired) electrons. The van der Waals surface area contributed by atoms with E-state index in [1.165, 1.54) is 32.7 Å². The molecule has 2 heterocycles. The molecule has 2 saturated heterocycles. The van der Waals surface area contributed by atoms with Crippen molar-refractivity contribution in [3.63, 3.8) is 0 Å². The van der Waals surface area contributed by atoms with Crippen LogP contribution in [0.1, 0.15) is 38.5 Å². The molecule has 0 aromatic heterocycles. The monoisotopic (exact) mass is 142 g/mol. The van der Waals surface area contributed by atoms with E-state index in [2.05, 4.69) is 0 Å². The molecule has 9 heavy (non-hydrogen) atoms. The van der Waals surface area contributed by atoms with E-state index in [1.807, 2.05) is 0 Å². The molecular formula is C8H15P. The molecule has 0 amide bonds. The highest BCUT2D eigenvalue weighted by Gasteiger charge is 2.25. The molecule has 2 atom stereocenters. The Kier molecular flexibility index (Phi) is 1.77. The van der Waals surface area contributed by atoms with Gasteiger partial charge < -0.3 is 0 Å². The minimum absolute atomic E-state index is 1.18. The fraction of sp³-hybridized carbons (Fsp3) is 1.00. The largest absolute Gasteiger partial charge is 0.116 e. The molecule has 0 nitrogen and oxygen atoms in total. The Morgan fingerprint density at radius 3 is 1.89 bits per heavy atom. The van der Waals surface area contributed by atoms with Gasteiger partial charge >= 0.3 is 0 Å². The lowest BCUT2D eigenvalue weighted by molar-refractivity contribution is 0.556. The summed E-state index contributed by atoms with van der Waals surface area (Å²) in [7, 11) is 1.35. The Hall–Kier alpha value is 0.430. The number of rotatable bonds is 0. The summed E-state index contributed by atoms with van der Waals surface area (Å²) in [5.41, 5.74) is 2.36. The van der Waals surface area contributed by atoms with E-state index in [1.54, 1.807) is 25.7 Å². The Balaban J connectivity index is 1.99. The summed E-state index contributed by atoms with van der Waals surface area (Å²) >= 11 is 0. The molecule has 0 spiro atoms. The molecule has 2 rings (SSSR count). The van der Waals surface area contributed by atoms with Gasteiger partial charge in [0, 0.05) is 0 Å². The van der Waals surface area contributed by atoms with Crippen LogP contribution in [-0.4, -0.2) is 11.3 Å². The summed E-state index contributed by atoms with van der Waals surface area (Å²) in [6.45, 7) is 0. The highest BCUT2D eigenvalue weighted by atomic mass is 31.1. The molecule has 2 aliphatic heterocycles. The number of hydrogen-bond acceptors (Lipinski definition) is 0. The van der Waals surface area contributed by atoms with Crippen molar-refractivity contribution in [3.8, 4) is 0 Å². The van der Waals surface area contributed by atoms with Crippen molar-refractivity contribution in [2.75, 3.05) is 0 Å². The molecule has 2 fully saturated rings. The topological polar surface area (TPSA) is 0 Å². The second kappa shape index (κ2) is 2.58. The van der Waals surface area contributed by atoms with Gasteiger partial charge in [0.25, 0.3) is 0 Å². The lowest BCUT2D eigenvalue weighted by Gasteiger charge is -2.04. The molecule has 0 aromatic rings. The van der Waals surface area contributed by atoms with Crippen LogP contribution in [0.2, 0.25) is 0 Å². The lowest BCUT2D eigenvalue weighted by atomic mass is 10.0. The molecule has 0 aliphatic carbocycles. The summed E-state index contributed by atoms with van der Waals surface area (Å²) in [4.78, 5) is 0. The smallest absolute Gasteiger partial charge is 0.0234 e. The summed E-state index contributed by atoms with van der Waals surface area (Å²) in [6, 6.07) is 0. The van der Waals surface area contributed by atoms with Crippen LogP contribution in [0.3, 0.4) is 0 Å². The molecule has 52 valence electrons. The predicted molar refractivity (Wildman–Crippen MR) is 43.6 cm³/mol. The molecular weight excluding hydrogens is 127 g/mol. The van der Waals surface area contributed by atoms with E-state index in [0.717, 1.165) is 0 Å². The maximum atomic E-state index is 1.57. The van der Waals surface area contributed by atoms with Crippen LogP contribution < -0.4 is 0 Å². The number of hydrogen-bond donors (Lipinski definition) is 0. The highest BCUT2D eigenvalue weighted by molar-refractivity contribution is 7.40. The van der Waals surface area contributed by atoms with Crippen molar-refractivity contribution >= 4 is 8.58 Å². The normalized spacial score (nSPS) is 45.3. The molecule has 0 N–H and O–H groups in total. The van der Waals surface area contributed by atoms with Crippen LogP contribution in [0, 0.1) is 0 Å². The van der Waals surface area contributed by atoms with E-state index in [4.69, 9.17) is 0 Å². The van der Waals surface area contributed by atoms with Crippen LogP contribution in [0.5, 0.6) is 0 Å². The minimum atomic E-state index is 1.18. The first-order valence-corrected chi connectivity index (χ1v) is 5.37. The van der Waals surface area contributed by atoms with E-state index in [9.17, 15) is 0 Å². The molecule has 2 bridgehead atoms. The van der Waals surface area contributed by atoms with Crippen molar-refractivity contribution in [1.29, 1.82) is 0 Å². The first-order chi connectivity index (χ1) is 4.45. The zero-order chi connectivity index (χ0) is 6.10. The maximum Gasteiger partial charge on any atom is -0.0234 e. The van der Waals surface area contributed by atoms with Gasteiger partial charge in [0.05, 0.1) is 0 Å². The summed E-state index contributed by atoms with van der Waals surface area (Å²) in [5, 5.41) is 0. The van der Waals surface area contributed by atoms with Gasteiger partial charge in [-0.1, -0.05) is 12.8 Å². The standard InChI is InChI=1S/C8H15P/c1-2-4-8-6-5-7(3-1)9-8/h7-9H,1-6H2/t7-,8-/m0/s1. The minimum Gasteiger partial charge on any atom is -0.116 e. The van der Waals surface area contributed by atoms with Crippen LogP contribution in [0.15, 0.2) is 0 Å². The fourth-order valence-corrected chi connectivity index (χ4v) is 4.21. The quantitative estimate of drug-likeness (QED) is 0.456. The summed E-state index contributed by atoms with van der Waals surface area (Å²) in [5.74, 6) is 0. The first kappa shape index (κ1) is 6.16. The Morgan fingerprint density at radius 2 is 1.33 bits per heavy atom. The van der Waals surface area contributed by atoms with Gasteiger partial charge in [0.1, 0.15) is 0 Å². The Bertz CT molecular complexity index is 88.7. The van der Waals surface area contributed by atoms with Gasteiger partial charge in [-0.25, -0.2) is 0 Å². The third-order valence-corrected chi connectivity index (χ3v) is 4.79. The van der Waals surface area contributed by atoms with Gasteiger partial charge in [0.2, 0.25) is 0 Å². The van der Waals surface area contributed by atoms with E-state index in [0.29, 0.717) is 0 Å². The van der Waals surface area contributed by atoms with E-state index >= 15 is 0 Å². The SMILES string of the molecule is C1CC[C@H]2CC[C@H](C1)P2. The van der Waals surface area contributed by atoms with Gasteiger partial charge in [0.15, 0.2) is 0 Å². The van der Waals surface area contributed by atoms with E-state index < -0.39 is 0 Å². The molecule has 2 aliphatic rings. The Morgan fingerprint density at radius 1 is 0.778 bits per heavy atom. The third kappa shape index (κ3) is 1.29. The van der Waals surface area contributed by atoms with Crippen molar-refractivity contribution in [1.82, 2.24) is 0 Å². The van der Waals surface area contributed by atoms with Gasteiger partial charge in [-0.2, -0.15) is 0 Å². The predicted octanol–water partition coefficient (Wildman–Crippen LogP) is 2.77. The lowest BCUT2D eigenvalue weighted by Crippen LogP contribution is -1.95. The van der Waals surface area contributed by atoms with Gasteiger partial charge in [-0.15, -0.1) is 8.58 Å². The average molecular weight is 142 g/mol. The van der Waals surface area contributed by atoms with Crippen LogP contribution in [0.25, 0.3) is 0 Å². The first-order valence-electron chi connectivity index (χ1n) is 4.21. The molecule has 0 unspecified atom stereocenters. The van der Waals surface area contributed by atoms with Gasteiger partial charge in [-0.3, -0.25) is 0 Å². The fourth-order valence-electron chi connectivity index (χ4n) is 2.14. The van der Waals surface area contributed by atoms with Crippen molar-refractivity contribution in [2.24, 2.45) is 0 Å². The second-order valence-electron chi connectivity index (χ2n) is 3.42. The third-order valence-electron chi connectivity index (χ3n) is 2.69. The van der Waals surface area contributed by atoms with Crippen LogP contribution in [-0.2, 0) is 0 Å². The van der Waals surface area contributed by atoms with Crippen molar-refractivity contribution in [3.05, 3.63) is 0 Å². The molecule has 1 heteroatoms. The molecule has 0 saturated carbocycles. The average Bonchev–Trinajstić information content (AvgIpc) is 2.09. The van der Waals surface area contributed by atoms with Crippen molar-refractivity contribution < 1.29 is 0 Å². The second-order valence-corrected chi connectivity index (χ2v) is 5.39. The Labute approximate surface area is 59.2 Å². The zero-order valence-corrected chi connectivity index (χ0v) is 6.90.